The van der Waals surface area contributed by atoms with Gasteiger partial charge in [0.25, 0.3) is 0 Å². The van der Waals surface area contributed by atoms with Gasteiger partial charge in [-0.25, -0.2) is 19.9 Å². The molecule has 1 aliphatic heterocycles. The lowest BCUT2D eigenvalue weighted by molar-refractivity contribution is 0.240. The first-order chi connectivity index (χ1) is 14.2. The highest BCUT2D eigenvalue weighted by Gasteiger charge is 2.20. The quantitative estimate of drug-likeness (QED) is 0.536. The van der Waals surface area contributed by atoms with Gasteiger partial charge < -0.3 is 4.42 Å². The monoisotopic (exact) mass is 385 g/mol. The molecule has 0 bridgehead atoms. The second kappa shape index (κ2) is 7.18. The van der Waals surface area contributed by atoms with Crippen LogP contribution in [-0.4, -0.2) is 31.4 Å². The van der Waals surface area contributed by atoms with Gasteiger partial charge in [-0.15, -0.1) is 0 Å². The van der Waals surface area contributed by atoms with Crippen molar-refractivity contribution in [3.63, 3.8) is 0 Å². The van der Waals surface area contributed by atoms with Gasteiger partial charge in [0, 0.05) is 55.8 Å². The molecule has 0 radical (unpaired) electrons. The van der Waals surface area contributed by atoms with Crippen LogP contribution in [0.25, 0.3) is 22.4 Å². The normalized spacial score (nSPS) is 14.1. The van der Waals surface area contributed by atoms with E-state index in [1.54, 1.807) is 18.7 Å². The Morgan fingerprint density at radius 2 is 2.03 bits per heavy atom. The van der Waals surface area contributed by atoms with E-state index in [0.29, 0.717) is 35.4 Å². The molecule has 4 heterocycles. The Bertz CT molecular complexity index is 1250. The Kier molecular flexibility index (Phi) is 4.37. The van der Waals surface area contributed by atoms with E-state index in [0.717, 1.165) is 35.3 Å². The second-order valence-electron chi connectivity index (χ2n) is 7.34. The summed E-state index contributed by atoms with van der Waals surface area (Å²) in [5, 5.41) is 0.637. The van der Waals surface area contributed by atoms with Crippen molar-refractivity contribution < 1.29 is 4.42 Å². The number of hydrogen-bond acceptors (Lipinski definition) is 7. The van der Waals surface area contributed by atoms with Crippen molar-refractivity contribution in [3.8, 4) is 11.4 Å². The van der Waals surface area contributed by atoms with Crippen LogP contribution in [0.2, 0.25) is 0 Å². The molecule has 0 amide bonds. The summed E-state index contributed by atoms with van der Waals surface area (Å²) in [6.07, 6.45) is 9.17. The van der Waals surface area contributed by atoms with E-state index in [2.05, 4.69) is 19.9 Å². The summed E-state index contributed by atoms with van der Waals surface area (Å²) in [5.41, 5.74) is 5.31. The van der Waals surface area contributed by atoms with E-state index < -0.39 is 0 Å². The number of hydrogen-bond donors (Lipinski definition) is 0. The smallest absolute Gasteiger partial charge is 0.197 e. The highest BCUT2D eigenvalue weighted by molar-refractivity contribution is 5.77. The number of nitrogens with zero attached hydrogens (tertiary/aromatic N) is 5. The molecule has 0 atom stereocenters. The van der Waals surface area contributed by atoms with Gasteiger partial charge in [-0.05, 0) is 19.1 Å². The van der Waals surface area contributed by atoms with Crippen LogP contribution in [-0.2, 0) is 19.5 Å². The Hall–Kier alpha value is -3.45. The average molecular weight is 385 g/mol. The number of benzene rings is 1. The molecule has 0 saturated heterocycles. The summed E-state index contributed by atoms with van der Waals surface area (Å²) in [6, 6.07) is 5.68. The zero-order chi connectivity index (χ0) is 19.8. The number of rotatable bonds is 3. The van der Waals surface area contributed by atoms with Crippen LogP contribution in [0.4, 0.5) is 0 Å². The van der Waals surface area contributed by atoms with E-state index in [-0.39, 0.29) is 5.43 Å². The molecule has 3 aromatic heterocycles. The minimum atomic E-state index is 0.0384. The fraction of sp³-hybridized carbons (Fsp3) is 0.227. The second-order valence-corrected chi connectivity index (χ2v) is 7.34. The lowest BCUT2D eigenvalue weighted by Gasteiger charge is -2.27. The standard InChI is InChI=1S/C22H19N5O2/c1-14-2-3-20-18(6-14)21(28)17(12-29-20)11-27-5-4-19-16(10-27)9-25-22(26-19)15-7-23-13-24-8-15/h2-3,6-9,12-13H,4-5,10-11H2,1H3. The summed E-state index contributed by atoms with van der Waals surface area (Å²) in [4.78, 5) is 32.3. The van der Waals surface area contributed by atoms with Gasteiger partial charge in [-0.1, -0.05) is 11.6 Å². The molecule has 144 valence electrons. The van der Waals surface area contributed by atoms with E-state index in [4.69, 9.17) is 9.40 Å². The van der Waals surface area contributed by atoms with E-state index >= 15 is 0 Å². The van der Waals surface area contributed by atoms with Crippen molar-refractivity contribution in [1.82, 2.24) is 24.8 Å². The zero-order valence-corrected chi connectivity index (χ0v) is 16.0. The lowest BCUT2D eigenvalue weighted by Crippen LogP contribution is -2.32. The first-order valence-corrected chi connectivity index (χ1v) is 9.51. The highest BCUT2D eigenvalue weighted by atomic mass is 16.3. The van der Waals surface area contributed by atoms with Crippen molar-refractivity contribution in [2.75, 3.05) is 6.54 Å². The average Bonchev–Trinajstić information content (AvgIpc) is 2.76. The minimum Gasteiger partial charge on any atom is -0.464 e. The molecule has 7 heteroatoms. The number of fused-ring (bicyclic) bond motifs is 2. The Labute approximate surface area is 167 Å². The molecule has 1 aromatic carbocycles. The van der Waals surface area contributed by atoms with Crippen molar-refractivity contribution >= 4 is 11.0 Å². The maximum Gasteiger partial charge on any atom is 0.197 e. The molecule has 0 aliphatic carbocycles. The first kappa shape index (κ1) is 17.6. The SMILES string of the molecule is Cc1ccc2occ(CN3CCc4nc(-c5cncnc5)ncc4C3)c(=O)c2c1. The number of aromatic nitrogens is 4. The molecule has 1 aliphatic rings. The fourth-order valence-electron chi connectivity index (χ4n) is 3.70. The molecule has 29 heavy (non-hydrogen) atoms. The van der Waals surface area contributed by atoms with Crippen LogP contribution in [0.5, 0.6) is 0 Å². The molecule has 4 aromatic rings. The van der Waals surface area contributed by atoms with E-state index in [1.807, 2.05) is 31.3 Å². The van der Waals surface area contributed by atoms with Crippen LogP contribution in [0.1, 0.15) is 22.4 Å². The van der Waals surface area contributed by atoms with Crippen LogP contribution in [0.15, 0.2) is 58.6 Å². The molecular formula is C22H19N5O2. The summed E-state index contributed by atoms with van der Waals surface area (Å²) in [7, 11) is 0. The van der Waals surface area contributed by atoms with Gasteiger partial charge in [0.05, 0.1) is 22.9 Å². The zero-order valence-electron chi connectivity index (χ0n) is 16.0. The highest BCUT2D eigenvalue weighted by Crippen LogP contribution is 2.22. The Morgan fingerprint density at radius 1 is 1.17 bits per heavy atom. The molecule has 0 N–H and O–H groups in total. The predicted octanol–water partition coefficient (Wildman–Crippen LogP) is 2.91. The fourth-order valence-corrected chi connectivity index (χ4v) is 3.70. The van der Waals surface area contributed by atoms with Crippen molar-refractivity contribution in [3.05, 3.63) is 82.0 Å². The van der Waals surface area contributed by atoms with Gasteiger partial charge >= 0.3 is 0 Å². The minimum absolute atomic E-state index is 0.0384. The summed E-state index contributed by atoms with van der Waals surface area (Å²) in [6.45, 7) is 4.04. The molecule has 0 spiro atoms. The van der Waals surface area contributed by atoms with Gasteiger partial charge in [0.2, 0.25) is 0 Å². The topological polar surface area (TPSA) is 85.0 Å². The van der Waals surface area contributed by atoms with Gasteiger partial charge in [-0.3, -0.25) is 9.69 Å². The Balaban J connectivity index is 1.38. The summed E-state index contributed by atoms with van der Waals surface area (Å²) >= 11 is 0. The van der Waals surface area contributed by atoms with E-state index in [9.17, 15) is 4.79 Å². The van der Waals surface area contributed by atoms with Gasteiger partial charge in [-0.2, -0.15) is 0 Å². The summed E-state index contributed by atoms with van der Waals surface area (Å²) in [5.74, 6) is 0.642. The van der Waals surface area contributed by atoms with Crippen LogP contribution >= 0.6 is 0 Å². The molecule has 7 nitrogen and oxygen atoms in total. The molecular weight excluding hydrogens is 366 g/mol. The molecule has 0 unspecified atom stereocenters. The molecule has 0 saturated carbocycles. The van der Waals surface area contributed by atoms with Crippen LogP contribution < -0.4 is 5.43 Å². The number of aryl methyl sites for hydroxylation is 1. The Morgan fingerprint density at radius 3 is 2.90 bits per heavy atom. The van der Waals surface area contributed by atoms with Crippen LogP contribution in [0, 0.1) is 6.92 Å². The van der Waals surface area contributed by atoms with Gasteiger partial charge in [0.15, 0.2) is 11.3 Å². The molecule has 0 fully saturated rings. The summed E-state index contributed by atoms with van der Waals surface area (Å²) < 4.78 is 5.69. The van der Waals surface area contributed by atoms with Crippen LogP contribution in [0.3, 0.4) is 0 Å². The third-order valence-electron chi connectivity index (χ3n) is 5.23. The van der Waals surface area contributed by atoms with Crippen molar-refractivity contribution in [2.24, 2.45) is 0 Å². The third kappa shape index (κ3) is 3.40. The van der Waals surface area contributed by atoms with Gasteiger partial charge in [0.1, 0.15) is 11.9 Å². The molecule has 5 rings (SSSR count). The van der Waals surface area contributed by atoms with E-state index in [1.165, 1.54) is 6.33 Å². The lowest BCUT2D eigenvalue weighted by atomic mass is 10.1. The maximum atomic E-state index is 12.9. The van der Waals surface area contributed by atoms with Crippen molar-refractivity contribution in [2.45, 2.75) is 26.4 Å². The maximum absolute atomic E-state index is 12.9. The van der Waals surface area contributed by atoms with Crippen molar-refractivity contribution in [1.29, 1.82) is 0 Å². The first-order valence-electron chi connectivity index (χ1n) is 9.51. The third-order valence-corrected chi connectivity index (χ3v) is 5.23. The largest absolute Gasteiger partial charge is 0.464 e. The predicted molar refractivity (Wildman–Crippen MR) is 108 cm³/mol.